The van der Waals surface area contributed by atoms with Gasteiger partial charge in [-0.3, -0.25) is 9.59 Å². The topological polar surface area (TPSA) is 103 Å². The molecule has 4 unspecified atom stereocenters. The van der Waals surface area contributed by atoms with Gasteiger partial charge >= 0.3 is 0 Å². The van der Waals surface area contributed by atoms with Gasteiger partial charge < -0.3 is 19.9 Å². The van der Waals surface area contributed by atoms with Crippen LogP contribution < -0.4 is 10.1 Å². The third-order valence-electron chi connectivity index (χ3n) is 7.13. The molecular weight excluding hydrogens is 434 g/mol. The number of carbonyl (C=O) groups is 2. The average Bonchev–Trinajstić information content (AvgIpc) is 3.16. The van der Waals surface area contributed by atoms with E-state index in [2.05, 4.69) is 17.3 Å². The number of ether oxygens (including phenoxy) is 2. The van der Waals surface area contributed by atoms with Gasteiger partial charge in [0.05, 0.1) is 19.4 Å². The van der Waals surface area contributed by atoms with Gasteiger partial charge in [-0.05, 0) is 56.3 Å². The first kappa shape index (κ1) is 26.3. The molecule has 1 amide bonds. The van der Waals surface area contributed by atoms with E-state index in [4.69, 9.17) is 9.47 Å². The Kier molecular flexibility index (Phi) is 8.11. The van der Waals surface area contributed by atoms with Crippen molar-refractivity contribution in [3.63, 3.8) is 0 Å². The third kappa shape index (κ3) is 6.20. The van der Waals surface area contributed by atoms with Crippen LogP contribution in [0.1, 0.15) is 77.6 Å². The van der Waals surface area contributed by atoms with Gasteiger partial charge in [-0.1, -0.05) is 40.7 Å². The number of hydrogen-bond donors (Lipinski definition) is 2. The van der Waals surface area contributed by atoms with E-state index in [0.717, 1.165) is 25.7 Å². The highest BCUT2D eigenvalue weighted by molar-refractivity contribution is 5.96. The predicted molar refractivity (Wildman–Crippen MR) is 130 cm³/mol. The summed E-state index contributed by atoms with van der Waals surface area (Å²) in [5.74, 6) is 1.55. The van der Waals surface area contributed by atoms with Crippen LogP contribution in [0.4, 0.5) is 0 Å². The van der Waals surface area contributed by atoms with Crippen LogP contribution in [0, 0.1) is 29.1 Å². The third-order valence-corrected chi connectivity index (χ3v) is 7.13. The van der Waals surface area contributed by atoms with Crippen LogP contribution in [0.15, 0.2) is 12.3 Å². The molecule has 8 nitrogen and oxygen atoms in total. The maximum absolute atomic E-state index is 13.4. The molecule has 2 fully saturated rings. The number of nitrogens with zero attached hydrogens (tertiary/aromatic N) is 2. The van der Waals surface area contributed by atoms with E-state index in [0.29, 0.717) is 36.4 Å². The van der Waals surface area contributed by atoms with Crippen molar-refractivity contribution >= 4 is 18.6 Å². The number of fused-ring (bicyclic) bond motifs is 2. The predicted octanol–water partition coefficient (Wildman–Crippen LogP) is 3.89. The molecule has 0 radical (unpaired) electrons. The van der Waals surface area contributed by atoms with Gasteiger partial charge in [-0.25, -0.2) is 4.68 Å². The highest BCUT2D eigenvalue weighted by Gasteiger charge is 2.47. The molecule has 2 N–H and O–H groups in total. The molecule has 0 aromatic carbocycles. The molecule has 1 heterocycles. The largest absolute Gasteiger partial charge is 0.477 e. The number of hydrogen-bond acceptors (Lipinski definition) is 6. The molecule has 3 rings (SSSR count). The SMILES string of the molecule is CC(C)COc1c(C(=O)NC2C(C)CC3CC2C[C@@](C)(OC=O)C3)cnn1/C=C/C(C)(C)CO. The zero-order valence-electron chi connectivity index (χ0n) is 21.4. The quantitative estimate of drug-likeness (QED) is 0.498. The highest BCUT2D eigenvalue weighted by Crippen LogP contribution is 2.47. The van der Waals surface area contributed by atoms with E-state index in [9.17, 15) is 14.7 Å². The number of amides is 1. The van der Waals surface area contributed by atoms with Gasteiger partial charge in [0, 0.05) is 17.7 Å². The summed E-state index contributed by atoms with van der Waals surface area (Å²) in [6, 6.07) is -0.0104. The standard InChI is InChI=1S/C26H41N3O5/c1-17(2)14-33-24-21(13-27-29(24)8-7-25(4,5)15-30)23(32)28-22-18(3)9-19-10-20(22)12-26(6,11-19)34-16-31/h7-8,13,16-20,22,30H,9-12,14-15H2,1-6H3,(H,28,32)/b8-7+/t18?,19?,20?,22?,26-/m0/s1. The van der Waals surface area contributed by atoms with Crippen molar-refractivity contribution in [2.45, 2.75) is 78.9 Å². The summed E-state index contributed by atoms with van der Waals surface area (Å²) in [6.45, 7) is 13.1. The van der Waals surface area contributed by atoms with Crippen LogP contribution in [-0.4, -0.2) is 52.1 Å². The molecule has 1 aromatic rings. The van der Waals surface area contributed by atoms with Crippen LogP contribution >= 0.6 is 0 Å². The minimum absolute atomic E-state index is 0.00498. The average molecular weight is 476 g/mol. The van der Waals surface area contributed by atoms with Crippen LogP contribution in [0.3, 0.4) is 0 Å². The molecule has 2 bridgehead atoms. The van der Waals surface area contributed by atoms with Gasteiger partial charge in [0.15, 0.2) is 0 Å². The molecule has 190 valence electrons. The lowest BCUT2D eigenvalue weighted by Crippen LogP contribution is -2.54. The number of nitrogens with one attached hydrogen (secondary N) is 1. The minimum Gasteiger partial charge on any atom is -0.477 e. The Bertz CT molecular complexity index is 891. The van der Waals surface area contributed by atoms with Gasteiger partial charge in [0.25, 0.3) is 12.4 Å². The molecule has 1 aromatic heterocycles. The fourth-order valence-corrected chi connectivity index (χ4v) is 5.46. The van der Waals surface area contributed by atoms with Crippen molar-refractivity contribution in [1.82, 2.24) is 15.1 Å². The van der Waals surface area contributed by atoms with Crippen LogP contribution in [0.25, 0.3) is 6.20 Å². The van der Waals surface area contributed by atoms with Crippen molar-refractivity contribution in [3.8, 4) is 5.88 Å². The number of aliphatic hydroxyl groups is 1. The highest BCUT2D eigenvalue weighted by atomic mass is 16.5. The van der Waals surface area contributed by atoms with E-state index >= 15 is 0 Å². The van der Waals surface area contributed by atoms with Gasteiger partial charge in [-0.15, -0.1) is 0 Å². The van der Waals surface area contributed by atoms with Crippen molar-refractivity contribution in [3.05, 3.63) is 17.8 Å². The maximum atomic E-state index is 13.4. The van der Waals surface area contributed by atoms with Crippen LogP contribution in [-0.2, 0) is 9.53 Å². The summed E-state index contributed by atoms with van der Waals surface area (Å²) in [7, 11) is 0. The maximum Gasteiger partial charge on any atom is 0.293 e. The van der Waals surface area contributed by atoms with Gasteiger partial charge in [-0.2, -0.15) is 5.10 Å². The molecule has 0 aliphatic heterocycles. The number of aliphatic hydroxyl groups excluding tert-OH is 1. The van der Waals surface area contributed by atoms with Crippen molar-refractivity contribution in [2.75, 3.05) is 13.2 Å². The summed E-state index contributed by atoms with van der Waals surface area (Å²) < 4.78 is 13.0. The first-order valence-corrected chi connectivity index (χ1v) is 12.4. The first-order chi connectivity index (χ1) is 16.0. The fourth-order valence-electron chi connectivity index (χ4n) is 5.46. The Morgan fingerprint density at radius 1 is 1.38 bits per heavy atom. The molecular formula is C26H41N3O5. The summed E-state index contributed by atoms with van der Waals surface area (Å²) >= 11 is 0. The molecule has 0 spiro atoms. The lowest BCUT2D eigenvalue weighted by molar-refractivity contribution is -0.152. The van der Waals surface area contributed by atoms with Gasteiger partial charge in [0.2, 0.25) is 5.88 Å². The fraction of sp³-hybridized carbons (Fsp3) is 0.731. The molecule has 5 atom stereocenters. The second kappa shape index (κ2) is 10.5. The lowest BCUT2D eigenvalue weighted by Gasteiger charge is -2.50. The van der Waals surface area contributed by atoms with E-state index in [1.165, 1.54) is 6.20 Å². The van der Waals surface area contributed by atoms with Crippen LogP contribution in [0.5, 0.6) is 5.88 Å². The van der Waals surface area contributed by atoms with Crippen molar-refractivity contribution < 1.29 is 24.2 Å². The van der Waals surface area contributed by atoms with E-state index in [1.54, 1.807) is 10.9 Å². The first-order valence-electron chi connectivity index (χ1n) is 12.4. The Morgan fingerprint density at radius 3 is 2.76 bits per heavy atom. The Hall–Kier alpha value is -2.35. The second-order valence-electron chi connectivity index (χ2n) is 11.6. The molecule has 0 saturated heterocycles. The normalized spacial score (nSPS) is 29.3. The molecule has 8 heteroatoms. The summed E-state index contributed by atoms with van der Waals surface area (Å²) in [6.07, 6.45) is 8.77. The molecule has 34 heavy (non-hydrogen) atoms. The van der Waals surface area contributed by atoms with E-state index < -0.39 is 11.0 Å². The summed E-state index contributed by atoms with van der Waals surface area (Å²) in [4.78, 5) is 24.5. The zero-order chi connectivity index (χ0) is 25.1. The molecule has 2 saturated carbocycles. The van der Waals surface area contributed by atoms with Crippen LogP contribution in [0.2, 0.25) is 0 Å². The summed E-state index contributed by atoms with van der Waals surface area (Å²) in [5, 5.41) is 17.2. The number of aromatic nitrogens is 2. The summed E-state index contributed by atoms with van der Waals surface area (Å²) in [5.41, 5.74) is -0.502. The van der Waals surface area contributed by atoms with Crippen molar-refractivity contribution in [1.29, 1.82) is 0 Å². The van der Waals surface area contributed by atoms with Gasteiger partial charge in [0.1, 0.15) is 11.2 Å². The number of carbonyl (C=O) groups excluding carboxylic acids is 2. The second-order valence-corrected chi connectivity index (χ2v) is 11.6. The number of rotatable bonds is 10. The lowest BCUT2D eigenvalue weighted by atomic mass is 9.61. The molecule has 2 aliphatic carbocycles. The minimum atomic E-state index is -0.473. The monoisotopic (exact) mass is 475 g/mol. The van der Waals surface area contributed by atoms with E-state index in [-0.39, 0.29) is 30.4 Å². The smallest absolute Gasteiger partial charge is 0.293 e. The Morgan fingerprint density at radius 2 is 2.12 bits per heavy atom. The Balaban J connectivity index is 1.82. The van der Waals surface area contributed by atoms with Crippen molar-refractivity contribution in [2.24, 2.45) is 29.1 Å². The Labute approximate surface area is 203 Å². The van der Waals surface area contributed by atoms with E-state index in [1.807, 2.05) is 40.7 Å². The zero-order valence-corrected chi connectivity index (χ0v) is 21.4. The molecule has 2 aliphatic rings.